The van der Waals surface area contributed by atoms with Crippen LogP contribution in [0.15, 0.2) is 0 Å². The Labute approximate surface area is 85.0 Å². The molecule has 0 aromatic carbocycles. The van der Waals surface area contributed by atoms with Crippen molar-refractivity contribution in [1.82, 2.24) is 0 Å². The van der Waals surface area contributed by atoms with Crippen LogP contribution in [0.25, 0.3) is 0 Å². The molecule has 0 aromatic rings. The summed E-state index contributed by atoms with van der Waals surface area (Å²) in [6, 6.07) is 0. The Morgan fingerprint density at radius 3 is 1.75 bits per heavy atom. The standard InChI is InChI=1S/C8H13F2IO/c1-5(7(2,3)4)8(9,10)6(11)12/h5H,1-4H3. The van der Waals surface area contributed by atoms with Crippen LogP contribution in [0.3, 0.4) is 0 Å². The maximum atomic E-state index is 13.1. The van der Waals surface area contributed by atoms with Crippen LogP contribution >= 0.6 is 22.6 Å². The van der Waals surface area contributed by atoms with Gasteiger partial charge in [0.1, 0.15) is 0 Å². The molecule has 0 aliphatic carbocycles. The summed E-state index contributed by atoms with van der Waals surface area (Å²) in [4.78, 5) is 10.6. The number of carbonyl (C=O) groups is 1. The van der Waals surface area contributed by atoms with E-state index in [1.54, 1.807) is 20.8 Å². The highest BCUT2D eigenvalue weighted by Crippen LogP contribution is 2.39. The lowest BCUT2D eigenvalue weighted by molar-refractivity contribution is -0.145. The number of rotatable bonds is 2. The summed E-state index contributed by atoms with van der Waals surface area (Å²) in [6.45, 7) is 6.50. The normalized spacial score (nSPS) is 15.9. The van der Waals surface area contributed by atoms with Crippen molar-refractivity contribution in [2.45, 2.75) is 33.6 Å². The monoisotopic (exact) mass is 290 g/mol. The van der Waals surface area contributed by atoms with E-state index in [9.17, 15) is 13.6 Å². The highest BCUT2D eigenvalue weighted by atomic mass is 127. The average Bonchev–Trinajstić information content (AvgIpc) is 1.83. The van der Waals surface area contributed by atoms with Gasteiger partial charge < -0.3 is 0 Å². The number of hydrogen-bond donors (Lipinski definition) is 0. The summed E-state index contributed by atoms with van der Waals surface area (Å²) in [7, 11) is 0. The Kier molecular flexibility index (Phi) is 3.63. The first kappa shape index (κ1) is 12.3. The predicted molar refractivity (Wildman–Crippen MR) is 52.6 cm³/mol. The Bertz CT molecular complexity index is 184. The number of alkyl halides is 2. The lowest BCUT2D eigenvalue weighted by atomic mass is 9.78. The molecule has 0 N–H and O–H groups in total. The number of halogens is 3. The molecule has 72 valence electrons. The van der Waals surface area contributed by atoms with Crippen molar-refractivity contribution in [2.24, 2.45) is 11.3 Å². The van der Waals surface area contributed by atoms with E-state index in [-0.39, 0.29) is 0 Å². The van der Waals surface area contributed by atoms with Gasteiger partial charge in [-0.1, -0.05) is 27.7 Å². The second-order valence-electron chi connectivity index (χ2n) is 3.98. The fraction of sp³-hybridized carbons (Fsp3) is 0.875. The average molecular weight is 290 g/mol. The largest absolute Gasteiger partial charge is 0.317 e. The Morgan fingerprint density at radius 1 is 1.33 bits per heavy atom. The summed E-state index contributed by atoms with van der Waals surface area (Å²) in [5.41, 5.74) is -0.551. The fourth-order valence-electron chi connectivity index (χ4n) is 0.714. The van der Waals surface area contributed by atoms with Crippen LogP contribution < -0.4 is 0 Å². The van der Waals surface area contributed by atoms with E-state index >= 15 is 0 Å². The molecule has 0 rings (SSSR count). The van der Waals surface area contributed by atoms with Crippen molar-refractivity contribution in [1.29, 1.82) is 0 Å². The van der Waals surface area contributed by atoms with Gasteiger partial charge in [-0.3, -0.25) is 4.79 Å². The quantitative estimate of drug-likeness (QED) is 0.563. The molecular formula is C8H13F2IO. The Balaban J connectivity index is 4.69. The minimum Gasteiger partial charge on any atom is -0.281 e. The summed E-state index contributed by atoms with van der Waals surface area (Å²) in [5, 5.41) is 0. The zero-order valence-corrected chi connectivity index (χ0v) is 9.78. The molecule has 1 nitrogen and oxygen atoms in total. The maximum absolute atomic E-state index is 13.1. The predicted octanol–water partition coefficient (Wildman–Crippen LogP) is 3.27. The van der Waals surface area contributed by atoms with Gasteiger partial charge in [-0.15, -0.1) is 0 Å². The minimum atomic E-state index is -3.21. The molecule has 0 spiro atoms. The summed E-state index contributed by atoms with van der Waals surface area (Å²) < 4.78 is 25.1. The molecule has 12 heavy (non-hydrogen) atoms. The molecule has 0 amide bonds. The second-order valence-corrected chi connectivity index (χ2v) is 4.96. The van der Waals surface area contributed by atoms with Crippen molar-refractivity contribution < 1.29 is 13.6 Å². The molecule has 0 aliphatic rings. The third-order valence-corrected chi connectivity index (χ3v) is 2.82. The zero-order chi connectivity index (χ0) is 10.2. The maximum Gasteiger partial charge on any atom is 0.317 e. The van der Waals surface area contributed by atoms with E-state index in [1.165, 1.54) is 6.92 Å². The van der Waals surface area contributed by atoms with Gasteiger partial charge in [0.2, 0.25) is 0 Å². The van der Waals surface area contributed by atoms with Gasteiger partial charge in [-0.25, -0.2) is 0 Å². The zero-order valence-electron chi connectivity index (χ0n) is 7.62. The van der Waals surface area contributed by atoms with E-state index in [4.69, 9.17) is 0 Å². The fourth-order valence-corrected chi connectivity index (χ4v) is 1.18. The topological polar surface area (TPSA) is 17.1 Å². The molecular weight excluding hydrogens is 277 g/mol. The first-order valence-electron chi connectivity index (χ1n) is 3.68. The van der Waals surface area contributed by atoms with Gasteiger partial charge in [0.25, 0.3) is 3.79 Å². The lowest BCUT2D eigenvalue weighted by Gasteiger charge is -2.31. The van der Waals surface area contributed by atoms with E-state index in [0.717, 1.165) is 22.6 Å². The van der Waals surface area contributed by atoms with Gasteiger partial charge >= 0.3 is 5.92 Å². The van der Waals surface area contributed by atoms with Crippen molar-refractivity contribution >= 4 is 26.4 Å². The molecule has 0 aromatic heterocycles. The van der Waals surface area contributed by atoms with Crippen molar-refractivity contribution in [3.63, 3.8) is 0 Å². The van der Waals surface area contributed by atoms with Gasteiger partial charge in [-0.05, 0) is 5.41 Å². The molecule has 0 fully saturated rings. The molecule has 0 radical (unpaired) electrons. The molecule has 0 saturated heterocycles. The third-order valence-electron chi connectivity index (χ3n) is 2.10. The van der Waals surface area contributed by atoms with Crippen molar-refractivity contribution in [3.8, 4) is 0 Å². The molecule has 0 saturated carbocycles. The van der Waals surface area contributed by atoms with Crippen molar-refractivity contribution in [2.75, 3.05) is 0 Å². The van der Waals surface area contributed by atoms with Gasteiger partial charge in [0.05, 0.1) is 0 Å². The summed E-state index contributed by atoms with van der Waals surface area (Å²) in [6.07, 6.45) is 0. The number of hydrogen-bond acceptors (Lipinski definition) is 1. The van der Waals surface area contributed by atoms with Crippen LogP contribution in [0.2, 0.25) is 0 Å². The first-order valence-corrected chi connectivity index (χ1v) is 4.75. The van der Waals surface area contributed by atoms with Crippen LogP contribution in [0.4, 0.5) is 8.78 Å². The molecule has 0 aliphatic heterocycles. The minimum absolute atomic E-state index is 0.551. The van der Waals surface area contributed by atoms with Crippen LogP contribution in [0, 0.1) is 11.3 Å². The summed E-state index contributed by atoms with van der Waals surface area (Å²) >= 11 is 1.15. The van der Waals surface area contributed by atoms with Crippen LogP contribution in [0.5, 0.6) is 0 Å². The number of carbonyl (C=O) groups excluding carboxylic acids is 1. The molecule has 4 heteroatoms. The Hall–Kier alpha value is 0.260. The van der Waals surface area contributed by atoms with Crippen molar-refractivity contribution in [3.05, 3.63) is 0 Å². The molecule has 1 unspecified atom stereocenters. The van der Waals surface area contributed by atoms with Crippen LogP contribution in [0.1, 0.15) is 27.7 Å². The van der Waals surface area contributed by atoms with Crippen LogP contribution in [-0.4, -0.2) is 9.71 Å². The summed E-state index contributed by atoms with van der Waals surface area (Å²) in [5.74, 6) is -4.15. The van der Waals surface area contributed by atoms with E-state index in [0.29, 0.717) is 0 Å². The Morgan fingerprint density at radius 2 is 1.67 bits per heavy atom. The van der Waals surface area contributed by atoms with Gasteiger partial charge in [-0.2, -0.15) is 8.78 Å². The molecule has 0 bridgehead atoms. The highest BCUT2D eigenvalue weighted by Gasteiger charge is 2.47. The van der Waals surface area contributed by atoms with Gasteiger partial charge in [0, 0.05) is 28.5 Å². The van der Waals surface area contributed by atoms with E-state index < -0.39 is 21.0 Å². The van der Waals surface area contributed by atoms with Crippen LogP contribution in [-0.2, 0) is 4.79 Å². The second kappa shape index (κ2) is 3.55. The third kappa shape index (κ3) is 2.64. The van der Waals surface area contributed by atoms with E-state index in [2.05, 4.69) is 0 Å². The molecule has 1 atom stereocenters. The van der Waals surface area contributed by atoms with E-state index in [1.807, 2.05) is 0 Å². The lowest BCUT2D eigenvalue weighted by Crippen LogP contribution is -2.39. The SMILES string of the molecule is CC(C(C)(C)C)C(F)(F)C(=O)I. The molecule has 0 heterocycles. The van der Waals surface area contributed by atoms with Gasteiger partial charge in [0.15, 0.2) is 0 Å². The first-order chi connectivity index (χ1) is 5.10. The smallest absolute Gasteiger partial charge is 0.281 e. The highest BCUT2D eigenvalue weighted by molar-refractivity contribution is 14.1.